The summed E-state index contributed by atoms with van der Waals surface area (Å²) in [7, 11) is 0. The topological polar surface area (TPSA) is 62.9 Å². The van der Waals surface area contributed by atoms with Crippen molar-refractivity contribution in [3.8, 4) is 5.75 Å². The second-order valence-electron chi connectivity index (χ2n) is 5.46. The average Bonchev–Trinajstić information content (AvgIpc) is 2.49. The van der Waals surface area contributed by atoms with Crippen LogP contribution in [0, 0.1) is 0 Å². The SMILES string of the molecule is CCN(CC)CCCN=C(N)Nc1ccc(OC(C)C)cc1.I. The van der Waals surface area contributed by atoms with Gasteiger partial charge in [-0.25, -0.2) is 0 Å². The van der Waals surface area contributed by atoms with Crippen molar-refractivity contribution in [3.63, 3.8) is 0 Å². The molecule has 0 unspecified atom stereocenters. The van der Waals surface area contributed by atoms with E-state index in [0.717, 1.165) is 44.0 Å². The lowest BCUT2D eigenvalue weighted by atomic mass is 10.3. The van der Waals surface area contributed by atoms with Gasteiger partial charge >= 0.3 is 0 Å². The number of ether oxygens (including phenoxy) is 1. The molecule has 0 aliphatic carbocycles. The van der Waals surface area contributed by atoms with E-state index in [9.17, 15) is 0 Å². The monoisotopic (exact) mass is 434 g/mol. The lowest BCUT2D eigenvalue weighted by molar-refractivity contribution is 0.242. The summed E-state index contributed by atoms with van der Waals surface area (Å²) in [5.74, 6) is 1.31. The summed E-state index contributed by atoms with van der Waals surface area (Å²) in [6.07, 6.45) is 1.20. The Bertz CT molecular complexity index is 444. The molecule has 3 N–H and O–H groups in total. The first-order chi connectivity index (χ1) is 10.5. The van der Waals surface area contributed by atoms with Gasteiger partial charge in [0.2, 0.25) is 0 Å². The second-order valence-corrected chi connectivity index (χ2v) is 5.46. The van der Waals surface area contributed by atoms with Gasteiger partial charge in [0.1, 0.15) is 5.75 Å². The molecule has 0 heterocycles. The molecule has 0 saturated heterocycles. The van der Waals surface area contributed by atoms with E-state index < -0.39 is 0 Å². The Morgan fingerprint density at radius 1 is 1.22 bits per heavy atom. The Labute approximate surface area is 157 Å². The van der Waals surface area contributed by atoms with Crippen molar-refractivity contribution < 1.29 is 4.74 Å². The first-order valence-corrected chi connectivity index (χ1v) is 8.11. The maximum absolute atomic E-state index is 5.90. The van der Waals surface area contributed by atoms with Crippen molar-refractivity contribution in [2.75, 3.05) is 31.5 Å². The van der Waals surface area contributed by atoms with Crippen LogP contribution in [0.25, 0.3) is 0 Å². The highest BCUT2D eigenvalue weighted by molar-refractivity contribution is 14.0. The summed E-state index contributed by atoms with van der Waals surface area (Å²) in [6.45, 7) is 12.3. The molecule has 0 radical (unpaired) electrons. The number of halogens is 1. The van der Waals surface area contributed by atoms with Crippen LogP contribution in [-0.2, 0) is 0 Å². The number of rotatable bonds is 9. The van der Waals surface area contributed by atoms with Crippen LogP contribution in [0.4, 0.5) is 5.69 Å². The summed E-state index contributed by atoms with van der Waals surface area (Å²) in [6, 6.07) is 7.73. The van der Waals surface area contributed by atoms with Gasteiger partial charge in [-0.1, -0.05) is 13.8 Å². The first kappa shape index (κ1) is 22.0. The van der Waals surface area contributed by atoms with Gasteiger partial charge in [-0.05, 0) is 64.2 Å². The van der Waals surface area contributed by atoms with Crippen LogP contribution in [0.15, 0.2) is 29.3 Å². The number of nitrogens with one attached hydrogen (secondary N) is 1. The van der Waals surface area contributed by atoms with E-state index >= 15 is 0 Å². The molecular weight excluding hydrogens is 403 g/mol. The Hall–Kier alpha value is -1.02. The summed E-state index contributed by atoms with van der Waals surface area (Å²) in [4.78, 5) is 6.74. The van der Waals surface area contributed by atoms with Crippen molar-refractivity contribution >= 4 is 35.6 Å². The van der Waals surface area contributed by atoms with Gasteiger partial charge in [-0.15, -0.1) is 24.0 Å². The molecule has 0 spiro atoms. The number of benzene rings is 1. The fraction of sp³-hybridized carbons (Fsp3) is 0.588. The van der Waals surface area contributed by atoms with Crippen molar-refractivity contribution in [1.29, 1.82) is 0 Å². The Kier molecular flexibility index (Phi) is 11.9. The highest BCUT2D eigenvalue weighted by Gasteiger charge is 2.00. The fourth-order valence-corrected chi connectivity index (χ4v) is 2.11. The van der Waals surface area contributed by atoms with Crippen LogP contribution >= 0.6 is 24.0 Å². The zero-order valence-electron chi connectivity index (χ0n) is 14.7. The van der Waals surface area contributed by atoms with Crippen LogP contribution in [0.5, 0.6) is 5.75 Å². The maximum atomic E-state index is 5.90. The minimum Gasteiger partial charge on any atom is -0.491 e. The van der Waals surface area contributed by atoms with Crippen molar-refractivity contribution in [3.05, 3.63) is 24.3 Å². The minimum absolute atomic E-state index is 0. The van der Waals surface area contributed by atoms with Gasteiger partial charge in [0, 0.05) is 12.2 Å². The molecule has 132 valence electrons. The lowest BCUT2D eigenvalue weighted by Crippen LogP contribution is -2.26. The molecule has 23 heavy (non-hydrogen) atoms. The van der Waals surface area contributed by atoms with Gasteiger partial charge in [0.15, 0.2) is 5.96 Å². The molecule has 1 aromatic carbocycles. The number of nitrogens with zero attached hydrogens (tertiary/aromatic N) is 2. The Balaban J connectivity index is 0.00000484. The molecule has 6 heteroatoms. The Morgan fingerprint density at radius 3 is 2.35 bits per heavy atom. The van der Waals surface area contributed by atoms with Crippen LogP contribution in [0.3, 0.4) is 0 Å². The molecule has 0 saturated carbocycles. The normalized spacial score (nSPS) is 11.5. The largest absolute Gasteiger partial charge is 0.491 e. The summed E-state index contributed by atoms with van der Waals surface area (Å²) in [5, 5.41) is 3.10. The molecule has 0 aliphatic rings. The molecule has 0 amide bonds. The van der Waals surface area contributed by atoms with Crippen molar-refractivity contribution in [2.45, 2.75) is 40.2 Å². The van der Waals surface area contributed by atoms with E-state index in [2.05, 4.69) is 29.1 Å². The van der Waals surface area contributed by atoms with Crippen LogP contribution in [0.1, 0.15) is 34.1 Å². The van der Waals surface area contributed by atoms with E-state index in [1.165, 1.54) is 0 Å². The highest BCUT2D eigenvalue weighted by Crippen LogP contribution is 2.16. The third-order valence-corrected chi connectivity index (χ3v) is 3.31. The van der Waals surface area contributed by atoms with Gasteiger partial charge in [-0.3, -0.25) is 4.99 Å². The highest BCUT2D eigenvalue weighted by atomic mass is 127. The molecule has 0 atom stereocenters. The molecule has 0 aliphatic heterocycles. The standard InChI is InChI=1S/C17H30N4O.HI/c1-5-21(6-2)13-7-12-19-17(18)20-15-8-10-16(11-9-15)22-14(3)4;/h8-11,14H,5-7,12-13H2,1-4H3,(H3,18,19,20);1H. The van der Waals surface area contributed by atoms with Crippen molar-refractivity contribution in [1.82, 2.24) is 4.90 Å². The number of hydrogen-bond donors (Lipinski definition) is 2. The smallest absolute Gasteiger partial charge is 0.193 e. The maximum Gasteiger partial charge on any atom is 0.193 e. The molecule has 5 nitrogen and oxygen atoms in total. The summed E-state index contributed by atoms with van der Waals surface area (Å²) in [5.41, 5.74) is 6.82. The minimum atomic E-state index is 0. The van der Waals surface area contributed by atoms with E-state index in [-0.39, 0.29) is 30.1 Å². The van der Waals surface area contributed by atoms with Crippen LogP contribution < -0.4 is 15.8 Å². The van der Waals surface area contributed by atoms with E-state index in [1.807, 2.05) is 38.1 Å². The number of guanidine groups is 1. The Morgan fingerprint density at radius 2 is 1.83 bits per heavy atom. The molecular formula is C17H31IN4O. The summed E-state index contributed by atoms with van der Waals surface area (Å²) < 4.78 is 5.60. The molecule has 0 aromatic heterocycles. The van der Waals surface area contributed by atoms with Crippen LogP contribution in [0.2, 0.25) is 0 Å². The average molecular weight is 434 g/mol. The van der Waals surface area contributed by atoms with Crippen LogP contribution in [-0.4, -0.2) is 43.1 Å². The predicted molar refractivity (Wildman–Crippen MR) is 110 cm³/mol. The van der Waals surface area contributed by atoms with Crippen molar-refractivity contribution in [2.24, 2.45) is 10.7 Å². The fourth-order valence-electron chi connectivity index (χ4n) is 2.11. The van der Waals surface area contributed by atoms with Gasteiger partial charge < -0.3 is 20.7 Å². The third kappa shape index (κ3) is 9.65. The lowest BCUT2D eigenvalue weighted by Gasteiger charge is -2.16. The van der Waals surface area contributed by atoms with E-state index in [4.69, 9.17) is 10.5 Å². The summed E-state index contributed by atoms with van der Waals surface area (Å²) >= 11 is 0. The van der Waals surface area contributed by atoms with Gasteiger partial charge in [-0.2, -0.15) is 0 Å². The molecule has 1 aromatic rings. The predicted octanol–water partition coefficient (Wildman–Crippen LogP) is 3.55. The van der Waals surface area contributed by atoms with Gasteiger partial charge in [0.25, 0.3) is 0 Å². The van der Waals surface area contributed by atoms with Gasteiger partial charge in [0.05, 0.1) is 6.10 Å². The number of hydrogen-bond acceptors (Lipinski definition) is 3. The number of aliphatic imine (C=N–C) groups is 1. The zero-order chi connectivity index (χ0) is 16.4. The molecule has 0 fully saturated rings. The first-order valence-electron chi connectivity index (χ1n) is 8.11. The second kappa shape index (κ2) is 12.4. The van der Waals surface area contributed by atoms with E-state index in [1.54, 1.807) is 0 Å². The quantitative estimate of drug-likeness (QED) is 0.270. The zero-order valence-corrected chi connectivity index (χ0v) is 17.0. The van der Waals surface area contributed by atoms with E-state index in [0.29, 0.717) is 5.96 Å². The number of nitrogens with two attached hydrogens (primary N) is 1. The molecule has 0 bridgehead atoms. The molecule has 1 rings (SSSR count). The third-order valence-electron chi connectivity index (χ3n) is 3.31. The number of anilines is 1.